The van der Waals surface area contributed by atoms with E-state index in [0.717, 1.165) is 12.8 Å². The minimum atomic E-state index is -1.29. The molecule has 0 aromatic carbocycles. The first-order valence-electron chi connectivity index (χ1n) is 6.63. The molecule has 0 spiro atoms. The van der Waals surface area contributed by atoms with Crippen LogP contribution in [-0.2, 0) is 0 Å². The molecule has 0 amide bonds. The van der Waals surface area contributed by atoms with E-state index < -0.39 is 14.2 Å². The van der Waals surface area contributed by atoms with Crippen LogP contribution in [0.3, 0.4) is 0 Å². The van der Waals surface area contributed by atoms with Crippen LogP contribution in [0.2, 0.25) is 19.6 Å². The Hall–Kier alpha value is -1.04. The highest BCUT2D eigenvalue weighted by Gasteiger charge is 2.06. The van der Waals surface area contributed by atoms with Crippen molar-refractivity contribution in [1.29, 1.82) is 0 Å². The summed E-state index contributed by atoms with van der Waals surface area (Å²) in [5.41, 5.74) is 3.23. The minimum Gasteiger partial charge on any atom is -0.389 e. The third-order valence-electron chi connectivity index (χ3n) is 2.07. The molecule has 1 unspecified atom stereocenters. The van der Waals surface area contributed by atoms with Gasteiger partial charge in [-0.1, -0.05) is 56.8 Å². The van der Waals surface area contributed by atoms with Crippen molar-refractivity contribution in [1.82, 2.24) is 0 Å². The van der Waals surface area contributed by atoms with Crippen molar-refractivity contribution in [2.45, 2.75) is 51.9 Å². The summed E-state index contributed by atoms with van der Waals surface area (Å²) in [6, 6.07) is 0. The Bertz CT molecular complexity index is 348. The molecule has 18 heavy (non-hydrogen) atoms. The van der Waals surface area contributed by atoms with Gasteiger partial charge in [0.15, 0.2) is 0 Å². The van der Waals surface area contributed by atoms with Crippen molar-refractivity contribution in [3.8, 4) is 11.5 Å². The lowest BCUT2D eigenvalue weighted by Crippen LogP contribution is -2.16. The van der Waals surface area contributed by atoms with Gasteiger partial charge >= 0.3 is 0 Å². The first kappa shape index (κ1) is 17.0. The van der Waals surface area contributed by atoms with Gasteiger partial charge in [0.1, 0.15) is 8.07 Å². The van der Waals surface area contributed by atoms with E-state index in [-0.39, 0.29) is 0 Å². The summed E-state index contributed by atoms with van der Waals surface area (Å²) in [5, 5.41) is 9.67. The van der Waals surface area contributed by atoms with Crippen molar-refractivity contribution in [3.63, 3.8) is 0 Å². The monoisotopic (exact) mass is 262 g/mol. The van der Waals surface area contributed by atoms with Gasteiger partial charge in [0.05, 0.1) is 6.10 Å². The molecule has 0 aliphatic carbocycles. The van der Waals surface area contributed by atoms with Gasteiger partial charge in [-0.05, 0) is 31.4 Å². The lowest BCUT2D eigenvalue weighted by Gasteiger charge is -2.02. The molecule has 0 aliphatic heterocycles. The zero-order chi connectivity index (χ0) is 13.9. The molecule has 1 N–H and O–H groups in total. The minimum absolute atomic E-state index is 0.424. The molecule has 0 rings (SSSR count). The second-order valence-electron chi connectivity index (χ2n) is 5.27. The zero-order valence-corrected chi connectivity index (χ0v) is 13.1. The van der Waals surface area contributed by atoms with Crippen LogP contribution in [0.15, 0.2) is 36.5 Å². The van der Waals surface area contributed by atoms with Crippen LogP contribution in [0.4, 0.5) is 0 Å². The first-order chi connectivity index (χ1) is 8.45. The second kappa shape index (κ2) is 9.93. The summed E-state index contributed by atoms with van der Waals surface area (Å²) in [5.74, 6) is 3.01. The Kier molecular flexibility index (Phi) is 9.36. The van der Waals surface area contributed by atoms with E-state index in [0.29, 0.717) is 6.42 Å². The van der Waals surface area contributed by atoms with Crippen LogP contribution < -0.4 is 0 Å². The highest BCUT2D eigenvalue weighted by molar-refractivity contribution is 6.83. The van der Waals surface area contributed by atoms with Crippen LogP contribution in [0.25, 0.3) is 0 Å². The van der Waals surface area contributed by atoms with Crippen molar-refractivity contribution >= 4 is 8.07 Å². The third-order valence-corrected chi connectivity index (χ3v) is 2.96. The standard InChI is InChI=1S/C16H26OSi/c1-5-6-7-8-9-10-13-16(17)14-11-12-15-18(2,3)4/h6-7,9-11,14,16-17H,5,8,13H2,1-4H3/b7-6-,10-9-,14-11+. The molecule has 0 saturated carbocycles. The zero-order valence-electron chi connectivity index (χ0n) is 12.1. The second-order valence-corrected chi connectivity index (χ2v) is 10.0. The van der Waals surface area contributed by atoms with Crippen LogP contribution in [0, 0.1) is 11.5 Å². The molecule has 100 valence electrons. The van der Waals surface area contributed by atoms with Gasteiger partial charge in [-0.2, -0.15) is 0 Å². The number of hydrogen-bond acceptors (Lipinski definition) is 1. The van der Waals surface area contributed by atoms with Gasteiger partial charge in [-0.25, -0.2) is 0 Å². The van der Waals surface area contributed by atoms with Gasteiger partial charge in [-0.15, -0.1) is 5.54 Å². The summed E-state index contributed by atoms with van der Waals surface area (Å²) in [7, 11) is -1.29. The molecular formula is C16H26OSi. The Labute approximate surface area is 113 Å². The maximum atomic E-state index is 9.67. The van der Waals surface area contributed by atoms with Crippen LogP contribution in [-0.4, -0.2) is 19.3 Å². The molecule has 0 bridgehead atoms. The van der Waals surface area contributed by atoms with E-state index >= 15 is 0 Å². The quantitative estimate of drug-likeness (QED) is 0.434. The van der Waals surface area contributed by atoms with E-state index in [2.05, 4.69) is 56.3 Å². The first-order valence-corrected chi connectivity index (χ1v) is 10.1. The van der Waals surface area contributed by atoms with E-state index in [1.54, 1.807) is 12.2 Å². The summed E-state index contributed by atoms with van der Waals surface area (Å²) in [4.78, 5) is 0. The molecule has 2 heteroatoms. The number of aliphatic hydroxyl groups is 1. The fourth-order valence-corrected chi connectivity index (χ4v) is 1.69. The number of hydrogen-bond donors (Lipinski definition) is 1. The molecule has 0 radical (unpaired) electrons. The van der Waals surface area contributed by atoms with Gasteiger partial charge in [-0.3, -0.25) is 0 Å². The Balaban J connectivity index is 3.89. The van der Waals surface area contributed by atoms with Crippen molar-refractivity contribution in [3.05, 3.63) is 36.5 Å². The van der Waals surface area contributed by atoms with Crippen molar-refractivity contribution < 1.29 is 5.11 Å². The molecule has 0 heterocycles. The predicted molar refractivity (Wildman–Crippen MR) is 84.1 cm³/mol. The van der Waals surface area contributed by atoms with Gasteiger partial charge in [0.2, 0.25) is 0 Å². The van der Waals surface area contributed by atoms with E-state index in [1.165, 1.54) is 0 Å². The number of aliphatic hydroxyl groups excluding tert-OH is 1. The predicted octanol–water partition coefficient (Wildman–Crippen LogP) is 4.09. The topological polar surface area (TPSA) is 20.2 Å². The van der Waals surface area contributed by atoms with Crippen molar-refractivity contribution in [2.24, 2.45) is 0 Å². The normalized spacial score (nSPS) is 14.3. The Morgan fingerprint density at radius 1 is 1.11 bits per heavy atom. The molecular weight excluding hydrogens is 236 g/mol. The summed E-state index contributed by atoms with van der Waals surface area (Å²) in [6.45, 7) is 8.74. The molecule has 0 aromatic rings. The van der Waals surface area contributed by atoms with E-state index in [9.17, 15) is 5.11 Å². The lowest BCUT2D eigenvalue weighted by molar-refractivity contribution is 0.227. The van der Waals surface area contributed by atoms with E-state index in [1.807, 2.05) is 6.08 Å². The molecule has 0 fully saturated rings. The molecule has 1 atom stereocenters. The van der Waals surface area contributed by atoms with Crippen LogP contribution in [0.1, 0.15) is 26.2 Å². The molecule has 0 aliphatic rings. The van der Waals surface area contributed by atoms with E-state index in [4.69, 9.17) is 0 Å². The highest BCUT2D eigenvalue weighted by Crippen LogP contribution is 1.98. The number of rotatable bonds is 6. The van der Waals surface area contributed by atoms with Gasteiger partial charge < -0.3 is 5.11 Å². The molecule has 0 saturated heterocycles. The fourth-order valence-electron chi connectivity index (χ4n) is 1.17. The average Bonchev–Trinajstić information content (AvgIpc) is 2.28. The van der Waals surface area contributed by atoms with Crippen LogP contribution >= 0.6 is 0 Å². The fraction of sp³-hybridized carbons (Fsp3) is 0.500. The maximum Gasteiger partial charge on any atom is 0.129 e. The van der Waals surface area contributed by atoms with Gasteiger partial charge in [0.25, 0.3) is 0 Å². The van der Waals surface area contributed by atoms with Crippen LogP contribution in [0.5, 0.6) is 0 Å². The van der Waals surface area contributed by atoms with Crippen molar-refractivity contribution in [2.75, 3.05) is 0 Å². The van der Waals surface area contributed by atoms with Gasteiger partial charge in [0, 0.05) is 0 Å². The summed E-state index contributed by atoms with van der Waals surface area (Å²) < 4.78 is 0. The highest BCUT2D eigenvalue weighted by atomic mass is 28.3. The molecule has 1 nitrogen and oxygen atoms in total. The Morgan fingerprint density at radius 2 is 1.78 bits per heavy atom. The largest absolute Gasteiger partial charge is 0.389 e. The smallest absolute Gasteiger partial charge is 0.129 e. The summed E-state index contributed by atoms with van der Waals surface area (Å²) >= 11 is 0. The third kappa shape index (κ3) is 13.0. The average molecular weight is 262 g/mol. The Morgan fingerprint density at radius 3 is 2.39 bits per heavy atom. The maximum absolute atomic E-state index is 9.67. The number of allylic oxidation sites excluding steroid dienone is 4. The molecule has 0 aromatic heterocycles. The SMILES string of the molecule is CC/C=C\C/C=C\CC(O)/C=C/C#C[Si](C)(C)C. The summed E-state index contributed by atoms with van der Waals surface area (Å²) in [6.07, 6.45) is 14.2. The lowest BCUT2D eigenvalue weighted by atomic mass is 10.2.